The predicted octanol–water partition coefficient (Wildman–Crippen LogP) is 5.64. The second-order valence-corrected chi connectivity index (χ2v) is 7.52. The van der Waals surface area contributed by atoms with Crippen molar-refractivity contribution in [2.75, 3.05) is 7.11 Å². The maximum atomic E-state index is 11.0. The Hall–Kier alpha value is -2.87. The molecule has 0 aliphatic carbocycles. The van der Waals surface area contributed by atoms with Gasteiger partial charge in [0.25, 0.3) is 0 Å². The highest BCUT2D eigenvalue weighted by Crippen LogP contribution is 2.31. The van der Waals surface area contributed by atoms with Crippen molar-refractivity contribution in [1.82, 2.24) is 0 Å². The van der Waals surface area contributed by atoms with Gasteiger partial charge in [-0.05, 0) is 83.1 Å². The summed E-state index contributed by atoms with van der Waals surface area (Å²) in [5.74, 6) is 0.240. The van der Waals surface area contributed by atoms with Crippen LogP contribution in [0.4, 0.5) is 5.69 Å². The molecule has 0 atom stereocenters. The number of hydrogen-bond acceptors (Lipinski definition) is 4. The first-order valence-corrected chi connectivity index (χ1v) is 9.98. The van der Waals surface area contributed by atoms with Crippen molar-refractivity contribution in [3.63, 3.8) is 0 Å². The Morgan fingerprint density at radius 2 is 1.90 bits per heavy atom. The van der Waals surface area contributed by atoms with Crippen LogP contribution in [0.3, 0.4) is 0 Å². The molecule has 3 aromatic rings. The van der Waals surface area contributed by atoms with Gasteiger partial charge in [0.2, 0.25) is 0 Å². The van der Waals surface area contributed by atoms with Crippen LogP contribution < -0.4 is 9.47 Å². The van der Waals surface area contributed by atoms with E-state index in [0.717, 1.165) is 16.8 Å². The molecule has 0 bridgehead atoms. The Kier molecular flexibility index (Phi) is 6.87. The quantitative estimate of drug-likeness (QED) is 0.336. The third kappa shape index (κ3) is 5.35. The molecule has 5 nitrogen and oxygen atoms in total. The molecule has 6 heteroatoms. The Balaban J connectivity index is 1.82. The molecule has 0 aliphatic rings. The van der Waals surface area contributed by atoms with Gasteiger partial charge in [0.1, 0.15) is 6.61 Å². The number of aryl methyl sites for hydroxylation is 1. The van der Waals surface area contributed by atoms with E-state index in [1.54, 1.807) is 37.6 Å². The van der Waals surface area contributed by atoms with Crippen molar-refractivity contribution in [2.24, 2.45) is 4.99 Å². The van der Waals surface area contributed by atoms with Crippen molar-refractivity contribution in [3.05, 3.63) is 86.5 Å². The number of benzene rings is 3. The van der Waals surface area contributed by atoms with Gasteiger partial charge in [-0.25, -0.2) is 4.79 Å². The number of methoxy groups -OCH3 is 1. The summed E-state index contributed by atoms with van der Waals surface area (Å²) in [6, 6.07) is 18.3. The van der Waals surface area contributed by atoms with E-state index in [1.165, 1.54) is 9.13 Å². The molecule has 148 valence electrons. The second-order valence-electron chi connectivity index (χ2n) is 6.36. The molecule has 0 heterocycles. The van der Waals surface area contributed by atoms with Gasteiger partial charge in [0.15, 0.2) is 11.5 Å². The summed E-state index contributed by atoms with van der Waals surface area (Å²) in [7, 11) is 1.59. The molecule has 0 aromatic heterocycles. The van der Waals surface area contributed by atoms with E-state index in [1.807, 2.05) is 36.4 Å². The van der Waals surface area contributed by atoms with Gasteiger partial charge >= 0.3 is 5.97 Å². The molecule has 0 fully saturated rings. The summed E-state index contributed by atoms with van der Waals surface area (Å²) < 4.78 is 12.7. The number of rotatable bonds is 7. The highest BCUT2D eigenvalue weighted by atomic mass is 127. The Morgan fingerprint density at radius 1 is 1.14 bits per heavy atom. The first-order chi connectivity index (χ1) is 14.0. The Labute approximate surface area is 183 Å². The zero-order valence-corrected chi connectivity index (χ0v) is 18.2. The zero-order valence-electron chi connectivity index (χ0n) is 16.1. The van der Waals surface area contributed by atoms with Crippen LogP contribution in [0.5, 0.6) is 11.5 Å². The number of carboxylic acids is 1. The summed E-state index contributed by atoms with van der Waals surface area (Å²) >= 11 is 2.30. The molecular formula is C23H20INO4. The lowest BCUT2D eigenvalue weighted by Crippen LogP contribution is -2.02. The number of ether oxygens (including phenoxy) is 2. The first kappa shape index (κ1) is 20.9. The van der Waals surface area contributed by atoms with E-state index in [0.29, 0.717) is 11.5 Å². The van der Waals surface area contributed by atoms with Gasteiger partial charge < -0.3 is 14.6 Å². The number of carboxylic acid groups (broad SMARTS) is 1. The van der Waals surface area contributed by atoms with Crippen LogP contribution in [0.25, 0.3) is 0 Å². The third-order valence-corrected chi connectivity index (χ3v) is 5.52. The van der Waals surface area contributed by atoms with Crippen molar-refractivity contribution in [1.29, 1.82) is 0 Å². The molecule has 0 aliphatic heterocycles. The lowest BCUT2D eigenvalue weighted by molar-refractivity contribution is 0.0697. The minimum atomic E-state index is -0.952. The molecular weight excluding hydrogens is 481 g/mol. The van der Waals surface area contributed by atoms with E-state index in [-0.39, 0.29) is 12.2 Å². The van der Waals surface area contributed by atoms with Crippen molar-refractivity contribution in [2.45, 2.75) is 13.5 Å². The van der Waals surface area contributed by atoms with Gasteiger partial charge in [0, 0.05) is 15.3 Å². The summed E-state index contributed by atoms with van der Waals surface area (Å²) in [4.78, 5) is 15.6. The molecule has 0 saturated heterocycles. The van der Waals surface area contributed by atoms with Gasteiger partial charge in [-0.1, -0.05) is 18.2 Å². The largest absolute Gasteiger partial charge is 0.493 e. The average Bonchev–Trinajstić information content (AvgIpc) is 2.73. The van der Waals surface area contributed by atoms with Crippen molar-refractivity contribution in [3.8, 4) is 11.5 Å². The van der Waals surface area contributed by atoms with Crippen LogP contribution >= 0.6 is 22.6 Å². The maximum Gasteiger partial charge on any atom is 0.335 e. The van der Waals surface area contributed by atoms with Crippen LogP contribution in [-0.2, 0) is 6.61 Å². The van der Waals surface area contributed by atoms with E-state index < -0.39 is 5.97 Å². The SMILES string of the molecule is COc1cccc(C=Nc2ccc(I)c(C)c2)c1OCc1ccc(C(=O)O)cc1. The molecule has 29 heavy (non-hydrogen) atoms. The maximum absolute atomic E-state index is 11.0. The standard InChI is InChI=1S/C23H20INO4/c1-15-12-19(10-11-20(15)24)25-13-18-4-3-5-21(28-2)22(18)29-14-16-6-8-17(9-7-16)23(26)27/h3-13H,14H2,1-2H3,(H,26,27). The molecule has 3 rings (SSSR count). The summed E-state index contributed by atoms with van der Waals surface area (Å²) in [5, 5.41) is 9.01. The third-order valence-electron chi connectivity index (χ3n) is 4.31. The molecule has 0 spiro atoms. The van der Waals surface area contributed by atoms with Gasteiger partial charge in [-0.3, -0.25) is 4.99 Å². The smallest absolute Gasteiger partial charge is 0.335 e. The fourth-order valence-electron chi connectivity index (χ4n) is 2.70. The Bertz CT molecular complexity index is 1050. The highest BCUT2D eigenvalue weighted by Gasteiger charge is 2.10. The number of hydrogen-bond donors (Lipinski definition) is 1. The second kappa shape index (κ2) is 9.56. The fourth-order valence-corrected chi connectivity index (χ4v) is 3.04. The van der Waals surface area contributed by atoms with E-state index in [2.05, 4.69) is 34.5 Å². The molecule has 0 unspecified atom stereocenters. The lowest BCUT2D eigenvalue weighted by atomic mass is 10.1. The normalized spacial score (nSPS) is 10.9. The van der Waals surface area contributed by atoms with Crippen LogP contribution in [0.2, 0.25) is 0 Å². The lowest BCUT2D eigenvalue weighted by Gasteiger charge is -2.13. The van der Waals surface area contributed by atoms with Gasteiger partial charge in [0.05, 0.1) is 18.4 Å². The number of aromatic carboxylic acids is 1. The summed E-state index contributed by atoms with van der Waals surface area (Å²) in [6.45, 7) is 2.33. The molecule has 0 radical (unpaired) electrons. The topological polar surface area (TPSA) is 68.1 Å². The molecule has 1 N–H and O–H groups in total. The molecule has 3 aromatic carbocycles. The van der Waals surface area contributed by atoms with Crippen molar-refractivity contribution < 1.29 is 19.4 Å². The minimum absolute atomic E-state index is 0.242. The van der Waals surface area contributed by atoms with Crippen LogP contribution in [0.1, 0.15) is 27.0 Å². The minimum Gasteiger partial charge on any atom is -0.493 e. The summed E-state index contributed by atoms with van der Waals surface area (Å²) in [6.07, 6.45) is 1.76. The monoisotopic (exact) mass is 501 g/mol. The van der Waals surface area contributed by atoms with Gasteiger partial charge in [-0.2, -0.15) is 0 Å². The Morgan fingerprint density at radius 3 is 2.55 bits per heavy atom. The first-order valence-electron chi connectivity index (χ1n) is 8.90. The number of nitrogens with zero attached hydrogens (tertiary/aromatic N) is 1. The number of para-hydroxylation sites is 1. The average molecular weight is 501 g/mol. The fraction of sp³-hybridized carbons (Fsp3) is 0.130. The van der Waals surface area contributed by atoms with Crippen molar-refractivity contribution >= 4 is 40.5 Å². The van der Waals surface area contributed by atoms with Crippen LogP contribution in [0, 0.1) is 10.5 Å². The summed E-state index contributed by atoms with van der Waals surface area (Å²) in [5.41, 5.74) is 3.93. The number of halogens is 1. The van der Waals surface area contributed by atoms with E-state index in [9.17, 15) is 4.79 Å². The predicted molar refractivity (Wildman–Crippen MR) is 122 cm³/mol. The molecule has 0 amide bonds. The molecule has 0 saturated carbocycles. The van der Waals surface area contributed by atoms with E-state index in [4.69, 9.17) is 14.6 Å². The number of aliphatic imine (C=N–C) groups is 1. The van der Waals surface area contributed by atoms with E-state index >= 15 is 0 Å². The highest BCUT2D eigenvalue weighted by molar-refractivity contribution is 14.1. The zero-order chi connectivity index (χ0) is 20.8. The van der Waals surface area contributed by atoms with Crippen LogP contribution in [0.15, 0.2) is 65.7 Å². The number of carbonyl (C=O) groups is 1. The van der Waals surface area contributed by atoms with Crippen LogP contribution in [-0.4, -0.2) is 24.4 Å². The van der Waals surface area contributed by atoms with Gasteiger partial charge in [-0.15, -0.1) is 0 Å².